The van der Waals surface area contributed by atoms with Gasteiger partial charge in [-0.2, -0.15) is 0 Å². The molecule has 0 spiro atoms. The molecule has 2 rings (SSSR count). The highest BCUT2D eigenvalue weighted by atomic mass is 35.5. The minimum absolute atomic E-state index is 0.143. The van der Waals surface area contributed by atoms with E-state index in [9.17, 15) is 9.59 Å². The molecule has 2 aromatic rings. The Hall–Kier alpha value is -2.53. The predicted octanol–water partition coefficient (Wildman–Crippen LogP) is 4.61. The lowest BCUT2D eigenvalue weighted by Crippen LogP contribution is -2.50. The van der Waals surface area contributed by atoms with Crippen molar-refractivity contribution in [2.75, 3.05) is 13.2 Å². The van der Waals surface area contributed by atoms with E-state index in [1.54, 1.807) is 29.2 Å². The zero-order valence-electron chi connectivity index (χ0n) is 18.2. The molecule has 162 valence electrons. The van der Waals surface area contributed by atoms with Gasteiger partial charge in [-0.1, -0.05) is 62.7 Å². The second-order valence-electron chi connectivity index (χ2n) is 7.76. The molecule has 2 aromatic carbocycles. The molecule has 5 nitrogen and oxygen atoms in total. The summed E-state index contributed by atoms with van der Waals surface area (Å²) in [6, 6.07) is 14.2. The molecule has 0 heterocycles. The van der Waals surface area contributed by atoms with Crippen LogP contribution >= 0.6 is 11.6 Å². The number of hydrogen-bond acceptors (Lipinski definition) is 3. The zero-order chi connectivity index (χ0) is 22.1. The highest BCUT2D eigenvalue weighted by Gasteiger charge is 2.29. The van der Waals surface area contributed by atoms with Gasteiger partial charge < -0.3 is 15.0 Å². The van der Waals surface area contributed by atoms with Crippen molar-refractivity contribution in [2.45, 2.75) is 46.7 Å². The van der Waals surface area contributed by atoms with Gasteiger partial charge in [0.25, 0.3) is 5.91 Å². The number of benzene rings is 2. The lowest BCUT2D eigenvalue weighted by Gasteiger charge is -2.31. The van der Waals surface area contributed by atoms with Crippen LogP contribution < -0.4 is 10.1 Å². The molecule has 1 atom stereocenters. The Balaban J connectivity index is 2.21. The van der Waals surface area contributed by atoms with Crippen LogP contribution in [0, 0.1) is 12.8 Å². The molecule has 0 aromatic heterocycles. The van der Waals surface area contributed by atoms with Crippen LogP contribution in [0.25, 0.3) is 0 Å². The van der Waals surface area contributed by atoms with Crippen molar-refractivity contribution in [1.82, 2.24) is 10.2 Å². The standard InChI is InChI=1S/C24H31ClN2O3/c1-5-22(24(29)26-14-17(2)3)27(15-19-10-7-6-9-18(19)4)23(28)16-30-21-12-8-11-20(25)13-21/h6-13,17,22H,5,14-16H2,1-4H3,(H,26,29)/t22-/m1/s1. The van der Waals surface area contributed by atoms with Gasteiger partial charge >= 0.3 is 0 Å². The first-order chi connectivity index (χ1) is 14.3. The Kier molecular flexibility index (Phi) is 9.18. The third-order valence-corrected chi connectivity index (χ3v) is 5.07. The van der Waals surface area contributed by atoms with E-state index in [4.69, 9.17) is 16.3 Å². The van der Waals surface area contributed by atoms with Gasteiger partial charge in [0.1, 0.15) is 11.8 Å². The van der Waals surface area contributed by atoms with E-state index >= 15 is 0 Å². The molecular weight excluding hydrogens is 400 g/mol. The monoisotopic (exact) mass is 430 g/mol. The highest BCUT2D eigenvalue weighted by Crippen LogP contribution is 2.19. The summed E-state index contributed by atoms with van der Waals surface area (Å²) in [5, 5.41) is 3.50. The molecule has 0 unspecified atom stereocenters. The van der Waals surface area contributed by atoms with Crippen molar-refractivity contribution in [3.05, 3.63) is 64.7 Å². The first kappa shape index (κ1) is 23.7. The molecule has 6 heteroatoms. The van der Waals surface area contributed by atoms with Crippen LogP contribution in [0.5, 0.6) is 5.75 Å². The van der Waals surface area contributed by atoms with Crippen molar-refractivity contribution in [3.8, 4) is 5.75 Å². The molecule has 0 radical (unpaired) electrons. The molecule has 0 saturated carbocycles. The van der Waals surface area contributed by atoms with Crippen molar-refractivity contribution in [1.29, 1.82) is 0 Å². The van der Waals surface area contributed by atoms with Gasteiger partial charge in [0.15, 0.2) is 6.61 Å². The molecular formula is C24H31ClN2O3. The molecule has 0 fully saturated rings. The summed E-state index contributed by atoms with van der Waals surface area (Å²) in [5.41, 5.74) is 2.08. The van der Waals surface area contributed by atoms with E-state index in [1.165, 1.54) is 0 Å². The molecule has 30 heavy (non-hydrogen) atoms. The van der Waals surface area contributed by atoms with E-state index in [2.05, 4.69) is 5.32 Å². The normalized spacial score (nSPS) is 11.8. The zero-order valence-corrected chi connectivity index (χ0v) is 18.9. The Labute approximate surface area is 184 Å². The van der Waals surface area contributed by atoms with Crippen LogP contribution in [0.4, 0.5) is 0 Å². The summed E-state index contributed by atoms with van der Waals surface area (Å²) in [6.45, 7) is 8.74. The van der Waals surface area contributed by atoms with E-state index in [0.29, 0.717) is 36.2 Å². The van der Waals surface area contributed by atoms with E-state index in [1.807, 2.05) is 52.0 Å². The number of nitrogens with zero attached hydrogens (tertiary/aromatic N) is 1. The Morgan fingerprint density at radius 3 is 2.50 bits per heavy atom. The fourth-order valence-electron chi connectivity index (χ4n) is 3.10. The minimum atomic E-state index is -0.571. The first-order valence-corrected chi connectivity index (χ1v) is 10.7. The lowest BCUT2D eigenvalue weighted by atomic mass is 10.1. The number of rotatable bonds is 10. The molecule has 0 aliphatic heterocycles. The van der Waals surface area contributed by atoms with Crippen molar-refractivity contribution < 1.29 is 14.3 Å². The lowest BCUT2D eigenvalue weighted by molar-refractivity contribution is -0.143. The number of halogens is 1. The number of carbonyl (C=O) groups excluding carboxylic acids is 2. The quantitative estimate of drug-likeness (QED) is 0.598. The van der Waals surface area contributed by atoms with Crippen LogP contribution in [0.2, 0.25) is 5.02 Å². The summed E-state index contributed by atoms with van der Waals surface area (Å²) >= 11 is 5.99. The topological polar surface area (TPSA) is 58.6 Å². The third kappa shape index (κ3) is 7.06. The molecule has 2 amide bonds. The predicted molar refractivity (Wildman–Crippen MR) is 121 cm³/mol. The molecule has 0 aliphatic carbocycles. The van der Waals surface area contributed by atoms with E-state index < -0.39 is 6.04 Å². The Morgan fingerprint density at radius 1 is 1.13 bits per heavy atom. The van der Waals surface area contributed by atoms with Crippen molar-refractivity contribution >= 4 is 23.4 Å². The molecule has 0 saturated heterocycles. The van der Waals surface area contributed by atoms with Crippen LogP contribution in [-0.4, -0.2) is 35.9 Å². The van der Waals surface area contributed by atoms with Gasteiger partial charge in [0.05, 0.1) is 0 Å². The van der Waals surface area contributed by atoms with E-state index in [-0.39, 0.29) is 18.4 Å². The second kappa shape index (κ2) is 11.6. The average molecular weight is 431 g/mol. The molecule has 0 aliphatic rings. The van der Waals surface area contributed by atoms with Gasteiger partial charge in [-0.25, -0.2) is 0 Å². The number of carbonyl (C=O) groups is 2. The summed E-state index contributed by atoms with van der Waals surface area (Å²) < 4.78 is 5.66. The number of aryl methyl sites for hydroxylation is 1. The van der Waals surface area contributed by atoms with Crippen molar-refractivity contribution in [3.63, 3.8) is 0 Å². The maximum atomic E-state index is 13.1. The largest absolute Gasteiger partial charge is 0.484 e. The fraction of sp³-hybridized carbons (Fsp3) is 0.417. The van der Waals surface area contributed by atoms with Crippen LogP contribution in [-0.2, 0) is 16.1 Å². The van der Waals surface area contributed by atoms with Gasteiger partial charge in [-0.05, 0) is 48.6 Å². The maximum Gasteiger partial charge on any atom is 0.261 e. The average Bonchev–Trinajstić information content (AvgIpc) is 2.71. The molecule has 1 N–H and O–H groups in total. The third-order valence-electron chi connectivity index (χ3n) is 4.83. The highest BCUT2D eigenvalue weighted by molar-refractivity contribution is 6.30. The smallest absolute Gasteiger partial charge is 0.261 e. The number of amides is 2. The fourth-order valence-corrected chi connectivity index (χ4v) is 3.28. The Morgan fingerprint density at radius 2 is 1.87 bits per heavy atom. The summed E-state index contributed by atoms with van der Waals surface area (Å²) in [4.78, 5) is 27.6. The Bertz CT molecular complexity index is 854. The SMILES string of the molecule is CC[C@H](C(=O)NCC(C)C)N(Cc1ccccc1C)C(=O)COc1cccc(Cl)c1. The minimum Gasteiger partial charge on any atom is -0.484 e. The second-order valence-corrected chi connectivity index (χ2v) is 8.19. The number of nitrogens with one attached hydrogen (secondary N) is 1. The van der Waals surface area contributed by atoms with Gasteiger partial charge in [0, 0.05) is 18.1 Å². The van der Waals surface area contributed by atoms with Crippen molar-refractivity contribution in [2.24, 2.45) is 5.92 Å². The number of hydrogen-bond donors (Lipinski definition) is 1. The molecule has 0 bridgehead atoms. The first-order valence-electron chi connectivity index (χ1n) is 10.3. The summed E-state index contributed by atoms with van der Waals surface area (Å²) in [6.07, 6.45) is 0.513. The van der Waals surface area contributed by atoms with Crippen LogP contribution in [0.1, 0.15) is 38.3 Å². The van der Waals surface area contributed by atoms with Gasteiger partial charge in [-0.15, -0.1) is 0 Å². The van der Waals surface area contributed by atoms with Crippen LogP contribution in [0.3, 0.4) is 0 Å². The van der Waals surface area contributed by atoms with Crippen LogP contribution in [0.15, 0.2) is 48.5 Å². The maximum absolute atomic E-state index is 13.1. The number of ether oxygens (including phenoxy) is 1. The van der Waals surface area contributed by atoms with E-state index in [0.717, 1.165) is 11.1 Å². The summed E-state index contributed by atoms with van der Waals surface area (Å²) in [7, 11) is 0. The van der Waals surface area contributed by atoms with Gasteiger partial charge in [-0.3, -0.25) is 9.59 Å². The van der Waals surface area contributed by atoms with Gasteiger partial charge in [0.2, 0.25) is 5.91 Å². The summed E-state index contributed by atoms with van der Waals surface area (Å²) in [5.74, 6) is 0.461.